The molecule has 118 valence electrons. The Morgan fingerprint density at radius 2 is 1.83 bits per heavy atom. The Morgan fingerprint density at radius 3 is 2.48 bits per heavy atom. The molecule has 4 heteroatoms. The first-order chi connectivity index (χ1) is 11.2. The van der Waals surface area contributed by atoms with Crippen molar-refractivity contribution in [3.05, 3.63) is 76.0 Å². The molecule has 0 aliphatic rings. The summed E-state index contributed by atoms with van der Waals surface area (Å²) in [6.45, 7) is 2.53. The van der Waals surface area contributed by atoms with E-state index in [1.54, 1.807) is 31.3 Å². The van der Waals surface area contributed by atoms with E-state index in [4.69, 9.17) is 4.74 Å². The molecule has 0 saturated heterocycles. The molecule has 0 aliphatic heterocycles. The second-order valence-corrected chi connectivity index (χ2v) is 4.82. The van der Waals surface area contributed by atoms with Crippen LogP contribution < -0.4 is 15.5 Å². The summed E-state index contributed by atoms with van der Waals surface area (Å²) in [7, 11) is 1.65. The smallest absolute Gasteiger partial charge is 0.212 e. The van der Waals surface area contributed by atoms with Crippen LogP contribution >= 0.6 is 0 Å². The minimum Gasteiger partial charge on any atom is -0.494 e. The third kappa shape index (κ3) is 4.30. The zero-order valence-corrected chi connectivity index (χ0v) is 13.2. The number of carbonyl (C=O) groups excluding carboxylic acids is 1. The van der Waals surface area contributed by atoms with Crippen LogP contribution in [0, 0.1) is 0 Å². The van der Waals surface area contributed by atoms with Gasteiger partial charge >= 0.3 is 0 Å². The minimum absolute atomic E-state index is 0.140. The standard InChI is InChI=1S/C19H19NO3/c1-3-23-15-11-8-14(9-12-15)10-13-18(21)16-6-4-5-7-17(20-2)19(16)22/h4-13H,3H2,1-2H3,(H,20,22). The lowest BCUT2D eigenvalue weighted by Crippen LogP contribution is -2.14. The van der Waals surface area contributed by atoms with Crippen molar-refractivity contribution in [1.82, 2.24) is 0 Å². The van der Waals surface area contributed by atoms with Crippen molar-refractivity contribution in [1.29, 1.82) is 0 Å². The summed E-state index contributed by atoms with van der Waals surface area (Å²) < 4.78 is 5.37. The van der Waals surface area contributed by atoms with Crippen LogP contribution in [0.4, 0.5) is 5.69 Å². The molecule has 0 aliphatic carbocycles. The first-order valence-electron chi connectivity index (χ1n) is 7.42. The van der Waals surface area contributed by atoms with E-state index in [0.717, 1.165) is 11.3 Å². The second kappa shape index (κ2) is 7.94. The molecule has 2 rings (SSSR count). The van der Waals surface area contributed by atoms with Gasteiger partial charge in [-0.05, 0) is 42.8 Å². The molecule has 0 amide bonds. The number of carbonyl (C=O) groups is 1. The Labute approximate surface area is 135 Å². The number of allylic oxidation sites excluding steroid dienone is 1. The molecule has 0 aromatic heterocycles. The van der Waals surface area contributed by atoms with Crippen LogP contribution in [0.1, 0.15) is 22.8 Å². The Bertz CT molecular complexity index is 764. The number of ether oxygens (including phenoxy) is 1. The zero-order valence-electron chi connectivity index (χ0n) is 13.2. The summed E-state index contributed by atoms with van der Waals surface area (Å²) in [6.07, 6.45) is 3.09. The fraction of sp³-hybridized carbons (Fsp3) is 0.158. The number of hydrogen-bond donors (Lipinski definition) is 1. The van der Waals surface area contributed by atoms with Crippen LogP contribution in [0.15, 0.2) is 59.4 Å². The molecule has 2 aromatic rings. The minimum atomic E-state index is -0.323. The van der Waals surface area contributed by atoms with Crippen molar-refractivity contribution in [2.24, 2.45) is 0 Å². The molecule has 0 fully saturated rings. The van der Waals surface area contributed by atoms with E-state index in [-0.39, 0.29) is 16.8 Å². The third-order valence-electron chi connectivity index (χ3n) is 3.28. The van der Waals surface area contributed by atoms with Crippen LogP contribution in [0.3, 0.4) is 0 Å². The Morgan fingerprint density at radius 1 is 1.13 bits per heavy atom. The fourth-order valence-corrected chi connectivity index (χ4v) is 2.09. The van der Waals surface area contributed by atoms with Gasteiger partial charge in [0.15, 0.2) is 5.78 Å². The maximum absolute atomic E-state index is 12.3. The molecule has 0 bridgehead atoms. The van der Waals surface area contributed by atoms with Gasteiger partial charge in [-0.3, -0.25) is 9.59 Å². The summed E-state index contributed by atoms with van der Waals surface area (Å²) >= 11 is 0. The second-order valence-electron chi connectivity index (χ2n) is 4.82. The van der Waals surface area contributed by atoms with Crippen molar-refractivity contribution < 1.29 is 9.53 Å². The highest BCUT2D eigenvalue weighted by Gasteiger charge is 2.08. The maximum Gasteiger partial charge on any atom is 0.212 e. The molecule has 0 saturated carbocycles. The van der Waals surface area contributed by atoms with Gasteiger partial charge in [-0.1, -0.05) is 30.3 Å². The van der Waals surface area contributed by atoms with Gasteiger partial charge in [-0.15, -0.1) is 0 Å². The van der Waals surface area contributed by atoms with E-state index in [0.29, 0.717) is 12.3 Å². The maximum atomic E-state index is 12.3. The summed E-state index contributed by atoms with van der Waals surface area (Å²) in [5, 5.41) is 2.80. The van der Waals surface area contributed by atoms with Crippen LogP contribution in [-0.4, -0.2) is 19.4 Å². The normalized spacial score (nSPS) is 10.5. The van der Waals surface area contributed by atoms with Crippen molar-refractivity contribution >= 4 is 17.5 Å². The van der Waals surface area contributed by atoms with Gasteiger partial charge in [0.25, 0.3) is 0 Å². The monoisotopic (exact) mass is 309 g/mol. The molecule has 4 nitrogen and oxygen atoms in total. The summed E-state index contributed by atoms with van der Waals surface area (Å²) in [5.74, 6) is 0.461. The molecule has 23 heavy (non-hydrogen) atoms. The number of ketones is 1. The first kappa shape index (κ1) is 16.5. The lowest BCUT2D eigenvalue weighted by Gasteiger charge is -2.02. The summed E-state index contributed by atoms with van der Waals surface area (Å²) in [4.78, 5) is 24.5. The highest BCUT2D eigenvalue weighted by Crippen LogP contribution is 2.13. The van der Waals surface area contributed by atoms with E-state index in [1.165, 1.54) is 12.1 Å². The van der Waals surface area contributed by atoms with Crippen molar-refractivity contribution in [2.75, 3.05) is 19.0 Å². The third-order valence-corrected chi connectivity index (χ3v) is 3.28. The van der Waals surface area contributed by atoms with E-state index in [1.807, 2.05) is 31.2 Å². The van der Waals surface area contributed by atoms with E-state index >= 15 is 0 Å². The van der Waals surface area contributed by atoms with E-state index in [9.17, 15) is 9.59 Å². The van der Waals surface area contributed by atoms with Gasteiger partial charge in [0.05, 0.1) is 17.9 Å². The molecular formula is C19H19NO3. The van der Waals surface area contributed by atoms with Gasteiger partial charge in [0.1, 0.15) is 5.75 Å². The molecule has 0 radical (unpaired) electrons. The molecule has 1 N–H and O–H groups in total. The Kier molecular flexibility index (Phi) is 5.69. The SMILES string of the molecule is CCOc1ccc(C=CC(=O)c2ccccc(NC)c2=O)cc1. The predicted octanol–water partition coefficient (Wildman–Crippen LogP) is 3.38. The number of hydrogen-bond acceptors (Lipinski definition) is 4. The number of rotatable bonds is 6. The largest absolute Gasteiger partial charge is 0.494 e. The molecule has 0 spiro atoms. The first-order valence-corrected chi connectivity index (χ1v) is 7.42. The van der Waals surface area contributed by atoms with Crippen molar-refractivity contribution in [3.63, 3.8) is 0 Å². The van der Waals surface area contributed by atoms with Gasteiger partial charge < -0.3 is 10.1 Å². The summed E-state index contributed by atoms with van der Waals surface area (Å²) in [5.41, 5.74) is 1.09. The Hall–Kier alpha value is -2.88. The number of benzene rings is 1. The average molecular weight is 309 g/mol. The van der Waals surface area contributed by atoms with Crippen LogP contribution in [0.25, 0.3) is 6.08 Å². The predicted molar refractivity (Wildman–Crippen MR) is 93.2 cm³/mol. The van der Waals surface area contributed by atoms with Crippen molar-refractivity contribution in [3.8, 4) is 5.75 Å². The molecule has 0 atom stereocenters. The highest BCUT2D eigenvalue weighted by molar-refractivity contribution is 6.07. The van der Waals surface area contributed by atoms with E-state index < -0.39 is 0 Å². The van der Waals surface area contributed by atoms with Crippen LogP contribution in [0.2, 0.25) is 0 Å². The Balaban J connectivity index is 2.22. The van der Waals surface area contributed by atoms with Gasteiger partial charge in [0.2, 0.25) is 5.43 Å². The number of anilines is 1. The average Bonchev–Trinajstić information content (AvgIpc) is 2.75. The van der Waals surface area contributed by atoms with E-state index in [2.05, 4.69) is 5.32 Å². The van der Waals surface area contributed by atoms with Crippen molar-refractivity contribution in [2.45, 2.75) is 6.92 Å². The molecular weight excluding hydrogens is 290 g/mol. The lowest BCUT2D eigenvalue weighted by atomic mass is 10.1. The van der Waals surface area contributed by atoms with Gasteiger partial charge in [-0.25, -0.2) is 0 Å². The highest BCUT2D eigenvalue weighted by atomic mass is 16.5. The topological polar surface area (TPSA) is 55.4 Å². The summed E-state index contributed by atoms with van der Waals surface area (Å²) in [6, 6.07) is 14.0. The van der Waals surface area contributed by atoms with Gasteiger partial charge in [0, 0.05) is 7.05 Å². The van der Waals surface area contributed by atoms with Crippen LogP contribution in [0.5, 0.6) is 5.75 Å². The fourth-order valence-electron chi connectivity index (χ4n) is 2.09. The molecule has 0 unspecified atom stereocenters. The quantitative estimate of drug-likeness (QED) is 0.656. The molecule has 2 aromatic carbocycles. The zero-order chi connectivity index (χ0) is 16.7. The number of nitrogens with one attached hydrogen (secondary N) is 1. The molecule has 0 heterocycles. The van der Waals surface area contributed by atoms with Gasteiger partial charge in [-0.2, -0.15) is 0 Å². The lowest BCUT2D eigenvalue weighted by molar-refractivity contribution is 0.104. The van der Waals surface area contributed by atoms with Crippen LogP contribution in [-0.2, 0) is 0 Å².